The molecule has 6 nitrogen and oxygen atoms in total. The highest BCUT2D eigenvalue weighted by atomic mass is 35.5. The Morgan fingerprint density at radius 1 is 1.40 bits per heavy atom. The molecular weight excluding hydrogens is 282 g/mol. The van der Waals surface area contributed by atoms with E-state index in [-0.39, 0.29) is 22.7 Å². The van der Waals surface area contributed by atoms with Crippen LogP contribution in [0, 0.1) is 6.92 Å². The highest BCUT2D eigenvalue weighted by molar-refractivity contribution is 6.29. The molecule has 104 valence electrons. The normalized spacial score (nSPS) is 10.2. The predicted octanol–water partition coefficient (Wildman–Crippen LogP) is 2.40. The van der Waals surface area contributed by atoms with Crippen molar-refractivity contribution in [1.29, 1.82) is 0 Å². The molecule has 0 aliphatic rings. The predicted molar refractivity (Wildman–Crippen MR) is 74.4 cm³/mol. The number of aromatic hydroxyl groups is 1. The van der Waals surface area contributed by atoms with Gasteiger partial charge in [0.2, 0.25) is 11.8 Å². The van der Waals surface area contributed by atoms with Crippen LogP contribution in [0.1, 0.15) is 15.9 Å². The van der Waals surface area contributed by atoms with Gasteiger partial charge in [-0.2, -0.15) is 4.98 Å². The maximum Gasteiger partial charge on any atom is 0.258 e. The second-order valence-corrected chi connectivity index (χ2v) is 4.35. The lowest BCUT2D eigenvalue weighted by Crippen LogP contribution is -2.15. The molecule has 0 spiro atoms. The van der Waals surface area contributed by atoms with Gasteiger partial charge in [-0.15, -0.1) is 0 Å². The molecule has 1 amide bonds. The lowest BCUT2D eigenvalue weighted by atomic mass is 10.1. The fraction of sp³-hybridized carbons (Fsp3) is 0.154. The number of amides is 1. The number of aromatic nitrogens is 2. The summed E-state index contributed by atoms with van der Waals surface area (Å²) in [6.45, 7) is 1.64. The number of rotatable bonds is 3. The fourth-order valence-electron chi connectivity index (χ4n) is 1.60. The minimum absolute atomic E-state index is 0.0297. The van der Waals surface area contributed by atoms with Crippen LogP contribution < -0.4 is 10.1 Å². The van der Waals surface area contributed by atoms with Crippen LogP contribution in [0.2, 0.25) is 5.15 Å². The van der Waals surface area contributed by atoms with Crippen LogP contribution >= 0.6 is 11.6 Å². The summed E-state index contributed by atoms with van der Waals surface area (Å²) in [4.78, 5) is 19.9. The third-order valence-electron chi connectivity index (χ3n) is 2.66. The molecule has 2 aromatic rings. The Morgan fingerprint density at radius 3 is 2.85 bits per heavy atom. The van der Waals surface area contributed by atoms with Crippen molar-refractivity contribution >= 4 is 23.5 Å². The lowest BCUT2D eigenvalue weighted by Gasteiger charge is -2.08. The molecule has 0 fully saturated rings. The summed E-state index contributed by atoms with van der Waals surface area (Å²) in [6.07, 6.45) is 0. The molecule has 0 unspecified atom stereocenters. The van der Waals surface area contributed by atoms with Gasteiger partial charge in [0, 0.05) is 17.2 Å². The second kappa shape index (κ2) is 5.75. The minimum Gasteiger partial charge on any atom is -0.508 e. The topological polar surface area (TPSA) is 84.3 Å². The average Bonchev–Trinajstić information content (AvgIpc) is 2.41. The summed E-state index contributed by atoms with van der Waals surface area (Å²) in [5.41, 5.74) is 0.798. The molecule has 1 aromatic carbocycles. The third kappa shape index (κ3) is 2.97. The van der Waals surface area contributed by atoms with Gasteiger partial charge in [-0.1, -0.05) is 17.7 Å². The van der Waals surface area contributed by atoms with E-state index in [4.69, 9.17) is 16.3 Å². The Bertz CT molecular complexity index is 661. The van der Waals surface area contributed by atoms with Crippen LogP contribution in [0.3, 0.4) is 0 Å². The van der Waals surface area contributed by atoms with Crippen LogP contribution in [-0.4, -0.2) is 28.1 Å². The Hall–Kier alpha value is -2.34. The lowest BCUT2D eigenvalue weighted by molar-refractivity contribution is 0.102. The number of nitrogens with one attached hydrogen (secondary N) is 1. The van der Waals surface area contributed by atoms with Gasteiger partial charge in [0.1, 0.15) is 10.9 Å². The largest absolute Gasteiger partial charge is 0.508 e. The van der Waals surface area contributed by atoms with E-state index >= 15 is 0 Å². The number of phenols is 1. The number of methoxy groups -OCH3 is 1. The molecule has 0 atom stereocenters. The molecule has 20 heavy (non-hydrogen) atoms. The first-order valence-electron chi connectivity index (χ1n) is 5.69. The molecule has 0 saturated carbocycles. The molecular formula is C13H12ClN3O3. The number of hydrogen-bond acceptors (Lipinski definition) is 5. The number of hydrogen-bond donors (Lipinski definition) is 2. The Morgan fingerprint density at radius 2 is 2.15 bits per heavy atom. The van der Waals surface area contributed by atoms with Gasteiger partial charge in [-0.05, 0) is 19.1 Å². The van der Waals surface area contributed by atoms with Gasteiger partial charge in [0.05, 0.1) is 7.11 Å². The summed E-state index contributed by atoms with van der Waals surface area (Å²) >= 11 is 5.79. The van der Waals surface area contributed by atoms with Gasteiger partial charge >= 0.3 is 0 Å². The van der Waals surface area contributed by atoms with Crippen LogP contribution in [0.4, 0.5) is 5.95 Å². The first-order valence-corrected chi connectivity index (χ1v) is 6.07. The number of benzene rings is 1. The zero-order chi connectivity index (χ0) is 14.7. The number of anilines is 1. The van der Waals surface area contributed by atoms with E-state index in [9.17, 15) is 9.90 Å². The van der Waals surface area contributed by atoms with Crippen LogP contribution in [0.15, 0.2) is 24.3 Å². The molecule has 0 aliphatic heterocycles. The maximum atomic E-state index is 12.1. The smallest absolute Gasteiger partial charge is 0.258 e. The van der Waals surface area contributed by atoms with Gasteiger partial charge in [-0.3, -0.25) is 10.1 Å². The average molecular weight is 294 g/mol. The first kappa shape index (κ1) is 14.1. The SMILES string of the molecule is COc1cc(Cl)nc(NC(=O)c2cccc(O)c2C)n1. The Kier molecular flexibility index (Phi) is 4.05. The molecule has 1 heterocycles. The monoisotopic (exact) mass is 293 g/mol. The quantitative estimate of drug-likeness (QED) is 0.849. The zero-order valence-electron chi connectivity index (χ0n) is 10.8. The van der Waals surface area contributed by atoms with E-state index in [0.717, 1.165) is 0 Å². The van der Waals surface area contributed by atoms with Gasteiger partial charge in [0.25, 0.3) is 5.91 Å². The van der Waals surface area contributed by atoms with Crippen LogP contribution in [-0.2, 0) is 0 Å². The number of halogens is 1. The van der Waals surface area contributed by atoms with E-state index in [0.29, 0.717) is 11.1 Å². The molecule has 0 aliphatic carbocycles. The molecule has 0 saturated heterocycles. The Labute approximate surface area is 120 Å². The van der Waals surface area contributed by atoms with Crippen LogP contribution in [0.5, 0.6) is 11.6 Å². The summed E-state index contributed by atoms with van der Waals surface area (Å²) in [5.74, 6) is -0.125. The van der Waals surface area contributed by atoms with Gasteiger partial charge < -0.3 is 9.84 Å². The molecule has 7 heteroatoms. The number of ether oxygens (including phenoxy) is 1. The number of phenolic OH excluding ortho intramolecular Hbond substituents is 1. The van der Waals surface area contributed by atoms with Crippen molar-refractivity contribution in [3.8, 4) is 11.6 Å². The van der Waals surface area contributed by atoms with E-state index in [1.165, 1.54) is 19.2 Å². The van der Waals surface area contributed by atoms with Crippen molar-refractivity contribution < 1.29 is 14.6 Å². The van der Waals surface area contributed by atoms with Gasteiger partial charge in [0.15, 0.2) is 0 Å². The van der Waals surface area contributed by atoms with Crippen molar-refractivity contribution in [2.24, 2.45) is 0 Å². The summed E-state index contributed by atoms with van der Waals surface area (Å²) in [7, 11) is 1.43. The third-order valence-corrected chi connectivity index (χ3v) is 2.85. The van der Waals surface area contributed by atoms with E-state index < -0.39 is 5.91 Å². The molecule has 2 rings (SSSR count). The molecule has 0 radical (unpaired) electrons. The summed E-state index contributed by atoms with van der Waals surface area (Å²) < 4.78 is 4.94. The van der Waals surface area contributed by atoms with Crippen molar-refractivity contribution in [2.75, 3.05) is 12.4 Å². The van der Waals surface area contributed by atoms with E-state index in [2.05, 4.69) is 15.3 Å². The summed E-state index contributed by atoms with van der Waals surface area (Å²) in [5, 5.41) is 12.2. The van der Waals surface area contributed by atoms with Crippen molar-refractivity contribution in [3.63, 3.8) is 0 Å². The molecule has 2 N–H and O–H groups in total. The maximum absolute atomic E-state index is 12.1. The standard InChI is InChI=1S/C13H12ClN3O3/c1-7-8(4-3-5-9(7)18)12(19)17-13-15-10(14)6-11(16-13)20-2/h3-6,18H,1-2H3,(H,15,16,17,19). The highest BCUT2D eigenvalue weighted by Gasteiger charge is 2.13. The van der Waals surface area contributed by atoms with E-state index in [1.807, 2.05) is 0 Å². The Balaban J connectivity index is 2.28. The minimum atomic E-state index is -0.442. The molecule has 0 bridgehead atoms. The number of carbonyl (C=O) groups is 1. The number of nitrogens with zero attached hydrogens (tertiary/aromatic N) is 2. The van der Waals surface area contributed by atoms with Crippen molar-refractivity contribution in [1.82, 2.24) is 9.97 Å². The molecule has 1 aromatic heterocycles. The highest BCUT2D eigenvalue weighted by Crippen LogP contribution is 2.21. The van der Waals surface area contributed by atoms with Crippen LogP contribution in [0.25, 0.3) is 0 Å². The second-order valence-electron chi connectivity index (χ2n) is 3.96. The summed E-state index contributed by atoms with van der Waals surface area (Å²) in [6, 6.07) is 6.10. The zero-order valence-corrected chi connectivity index (χ0v) is 11.6. The van der Waals surface area contributed by atoms with Crippen molar-refractivity contribution in [3.05, 3.63) is 40.5 Å². The first-order chi connectivity index (χ1) is 9.51. The van der Waals surface area contributed by atoms with E-state index in [1.54, 1.807) is 19.1 Å². The van der Waals surface area contributed by atoms with Gasteiger partial charge in [-0.25, -0.2) is 4.98 Å². The number of carbonyl (C=O) groups excluding carboxylic acids is 1. The van der Waals surface area contributed by atoms with Crippen molar-refractivity contribution in [2.45, 2.75) is 6.92 Å². The fourth-order valence-corrected chi connectivity index (χ4v) is 1.77.